The Kier molecular flexibility index (Phi) is 5.31. The second-order valence-corrected chi connectivity index (χ2v) is 5.51. The van der Waals surface area contributed by atoms with Crippen LogP contribution < -0.4 is 9.47 Å². The van der Waals surface area contributed by atoms with E-state index in [-0.39, 0.29) is 28.8 Å². The molecule has 1 aromatic rings. The molecule has 0 aliphatic heterocycles. The van der Waals surface area contributed by atoms with E-state index < -0.39 is 5.97 Å². The highest BCUT2D eigenvalue weighted by Gasteiger charge is 2.27. The van der Waals surface area contributed by atoms with Crippen LogP contribution in [0.3, 0.4) is 0 Å². The van der Waals surface area contributed by atoms with Crippen LogP contribution in [0.25, 0.3) is 0 Å². The molecule has 5 nitrogen and oxygen atoms in total. The van der Waals surface area contributed by atoms with Crippen molar-refractivity contribution in [2.75, 3.05) is 7.11 Å². The van der Waals surface area contributed by atoms with E-state index in [0.717, 1.165) is 32.1 Å². The van der Waals surface area contributed by atoms with Crippen molar-refractivity contribution in [1.82, 2.24) is 0 Å². The predicted octanol–water partition coefficient (Wildman–Crippen LogP) is 3.20. The van der Waals surface area contributed by atoms with Gasteiger partial charge in [0.25, 0.3) is 0 Å². The summed E-state index contributed by atoms with van der Waals surface area (Å²) < 4.78 is 10.4. The van der Waals surface area contributed by atoms with Gasteiger partial charge in [0, 0.05) is 18.4 Å². The highest BCUT2D eigenvalue weighted by Crippen LogP contribution is 2.36. The summed E-state index contributed by atoms with van der Waals surface area (Å²) in [5.41, 5.74) is 0.579. The average Bonchev–Trinajstić information content (AvgIpc) is 2.54. The van der Waals surface area contributed by atoms with Gasteiger partial charge in [0.05, 0.1) is 12.7 Å². The van der Waals surface area contributed by atoms with Gasteiger partial charge in [-0.05, 0) is 25.0 Å². The summed E-state index contributed by atoms with van der Waals surface area (Å²) in [5, 5.41) is 0. The van der Waals surface area contributed by atoms with Crippen LogP contribution in [0.15, 0.2) is 12.1 Å². The Balaban J connectivity index is 2.47. The number of aldehydes is 1. The first-order valence-electron chi connectivity index (χ1n) is 7.46. The maximum atomic E-state index is 12.8. The summed E-state index contributed by atoms with van der Waals surface area (Å²) in [6, 6.07) is 2.94. The normalized spacial score (nSPS) is 15.2. The van der Waals surface area contributed by atoms with Crippen LogP contribution >= 0.6 is 0 Å². The predicted molar refractivity (Wildman–Crippen MR) is 80.6 cm³/mol. The third-order valence-electron chi connectivity index (χ3n) is 3.92. The number of Topliss-reactive ketones (excluding diaryl/α,β-unsaturated/α-hetero) is 1. The lowest BCUT2D eigenvalue weighted by molar-refractivity contribution is -0.132. The molecule has 5 heteroatoms. The summed E-state index contributed by atoms with van der Waals surface area (Å²) in [6.07, 6.45) is 5.47. The highest BCUT2D eigenvalue weighted by atomic mass is 16.6. The van der Waals surface area contributed by atoms with Crippen molar-refractivity contribution < 1.29 is 23.9 Å². The van der Waals surface area contributed by atoms with Gasteiger partial charge in [-0.2, -0.15) is 0 Å². The fourth-order valence-electron chi connectivity index (χ4n) is 2.86. The van der Waals surface area contributed by atoms with Crippen LogP contribution in [0.2, 0.25) is 0 Å². The molecule has 0 amide bonds. The molecule has 0 spiro atoms. The summed E-state index contributed by atoms with van der Waals surface area (Å²) >= 11 is 0. The Morgan fingerprint density at radius 2 is 1.86 bits per heavy atom. The molecule has 118 valence electrons. The van der Waals surface area contributed by atoms with E-state index >= 15 is 0 Å². The largest absolute Gasteiger partial charge is 0.493 e. The highest BCUT2D eigenvalue weighted by molar-refractivity contribution is 6.03. The van der Waals surface area contributed by atoms with Crippen molar-refractivity contribution in [3.63, 3.8) is 0 Å². The van der Waals surface area contributed by atoms with Crippen LogP contribution in [0.5, 0.6) is 11.5 Å². The van der Waals surface area contributed by atoms with Crippen molar-refractivity contribution in [1.29, 1.82) is 0 Å². The number of rotatable bonds is 5. The van der Waals surface area contributed by atoms with Gasteiger partial charge in [0.15, 0.2) is 17.3 Å². The zero-order valence-electron chi connectivity index (χ0n) is 12.9. The summed E-state index contributed by atoms with van der Waals surface area (Å²) in [7, 11) is 1.41. The first kappa shape index (κ1) is 16.2. The van der Waals surface area contributed by atoms with Crippen molar-refractivity contribution in [2.24, 2.45) is 5.92 Å². The fourth-order valence-corrected chi connectivity index (χ4v) is 2.86. The molecular weight excluding hydrogens is 284 g/mol. The van der Waals surface area contributed by atoms with E-state index in [2.05, 4.69) is 0 Å². The summed E-state index contributed by atoms with van der Waals surface area (Å²) in [6.45, 7) is 1.27. The van der Waals surface area contributed by atoms with Crippen molar-refractivity contribution in [3.8, 4) is 11.5 Å². The molecule has 1 fully saturated rings. The molecule has 0 aromatic heterocycles. The number of ketones is 1. The molecular formula is C17H20O5. The molecule has 1 saturated carbocycles. The monoisotopic (exact) mass is 304 g/mol. The quantitative estimate of drug-likeness (QED) is 0.361. The van der Waals surface area contributed by atoms with E-state index in [9.17, 15) is 14.4 Å². The minimum absolute atomic E-state index is 0.0852. The zero-order chi connectivity index (χ0) is 16.1. The molecule has 2 rings (SSSR count). The number of carbonyl (C=O) groups excluding carboxylic acids is 3. The SMILES string of the molecule is COc1cc(C=O)cc(C(=O)C2CCCCC2)c1OC(C)=O. The van der Waals surface area contributed by atoms with E-state index in [1.54, 1.807) is 0 Å². The number of hydrogen-bond acceptors (Lipinski definition) is 5. The zero-order valence-corrected chi connectivity index (χ0v) is 12.9. The van der Waals surface area contributed by atoms with Gasteiger partial charge in [-0.15, -0.1) is 0 Å². The third-order valence-corrected chi connectivity index (χ3v) is 3.92. The topological polar surface area (TPSA) is 69.7 Å². The number of esters is 1. The van der Waals surface area contributed by atoms with Crippen LogP contribution in [-0.2, 0) is 4.79 Å². The van der Waals surface area contributed by atoms with E-state index in [1.807, 2.05) is 0 Å². The smallest absolute Gasteiger partial charge is 0.308 e. The Labute approximate surface area is 129 Å². The lowest BCUT2D eigenvalue weighted by Crippen LogP contribution is -2.20. The molecule has 1 aliphatic carbocycles. The summed E-state index contributed by atoms with van der Waals surface area (Å²) in [5.74, 6) is -0.377. The molecule has 0 saturated heterocycles. The molecule has 0 unspecified atom stereocenters. The van der Waals surface area contributed by atoms with Crippen molar-refractivity contribution in [3.05, 3.63) is 23.3 Å². The second kappa shape index (κ2) is 7.20. The molecule has 1 aromatic carbocycles. The van der Waals surface area contributed by atoms with Crippen molar-refractivity contribution in [2.45, 2.75) is 39.0 Å². The van der Waals surface area contributed by atoms with Gasteiger partial charge in [-0.3, -0.25) is 14.4 Å². The molecule has 22 heavy (non-hydrogen) atoms. The first-order valence-corrected chi connectivity index (χ1v) is 7.46. The number of hydrogen-bond donors (Lipinski definition) is 0. The number of ether oxygens (including phenoxy) is 2. The molecule has 1 aliphatic rings. The van der Waals surface area contributed by atoms with E-state index in [0.29, 0.717) is 11.8 Å². The minimum atomic E-state index is -0.533. The molecule has 0 heterocycles. The van der Waals surface area contributed by atoms with Gasteiger partial charge in [-0.25, -0.2) is 0 Å². The number of carbonyl (C=O) groups is 3. The standard InChI is InChI=1S/C17H20O5/c1-11(19)22-17-14(8-12(10-18)9-15(17)21-2)16(20)13-6-4-3-5-7-13/h8-10,13H,3-7H2,1-2H3. The average molecular weight is 304 g/mol. The van der Waals surface area contributed by atoms with Crippen molar-refractivity contribution >= 4 is 18.0 Å². The lowest BCUT2D eigenvalue weighted by Gasteiger charge is -2.22. The summed E-state index contributed by atoms with van der Waals surface area (Å²) in [4.78, 5) is 35.2. The maximum Gasteiger partial charge on any atom is 0.308 e. The number of methoxy groups -OCH3 is 1. The van der Waals surface area contributed by atoms with Crippen LogP contribution in [0.1, 0.15) is 59.7 Å². The fraction of sp³-hybridized carbons (Fsp3) is 0.471. The maximum absolute atomic E-state index is 12.8. The molecule has 0 radical (unpaired) electrons. The van der Waals surface area contributed by atoms with Crippen LogP contribution in [0.4, 0.5) is 0 Å². The molecule has 0 atom stereocenters. The Bertz CT molecular complexity index is 585. The Morgan fingerprint density at radius 1 is 1.18 bits per heavy atom. The molecule has 0 N–H and O–H groups in total. The van der Waals surface area contributed by atoms with E-state index in [1.165, 1.54) is 26.2 Å². The van der Waals surface area contributed by atoms with Gasteiger partial charge in [0.1, 0.15) is 6.29 Å². The van der Waals surface area contributed by atoms with Gasteiger partial charge < -0.3 is 9.47 Å². The third kappa shape index (κ3) is 3.53. The first-order chi connectivity index (χ1) is 10.6. The lowest BCUT2D eigenvalue weighted by atomic mass is 9.83. The van der Waals surface area contributed by atoms with E-state index in [4.69, 9.17) is 9.47 Å². The Hall–Kier alpha value is -2.17. The molecule has 0 bridgehead atoms. The van der Waals surface area contributed by atoms with Gasteiger partial charge in [-0.1, -0.05) is 19.3 Å². The second-order valence-electron chi connectivity index (χ2n) is 5.51. The van der Waals surface area contributed by atoms with Gasteiger partial charge >= 0.3 is 5.97 Å². The Morgan fingerprint density at radius 3 is 2.41 bits per heavy atom. The minimum Gasteiger partial charge on any atom is -0.493 e. The van der Waals surface area contributed by atoms with Crippen LogP contribution in [-0.4, -0.2) is 25.1 Å². The number of benzene rings is 1. The van der Waals surface area contributed by atoms with Crippen LogP contribution in [0, 0.1) is 5.92 Å². The van der Waals surface area contributed by atoms with Gasteiger partial charge in [0.2, 0.25) is 0 Å².